The number of hydrogen-bond donors (Lipinski definition) is 1. The lowest BCUT2D eigenvalue weighted by atomic mass is 10.1. The Balaban J connectivity index is 2.02. The molecule has 18 heavy (non-hydrogen) atoms. The number of benzene rings is 1. The third-order valence-corrected chi connectivity index (χ3v) is 2.82. The Hall–Kier alpha value is -2.16. The van der Waals surface area contributed by atoms with Gasteiger partial charge < -0.3 is 5.32 Å². The Labute approximate surface area is 107 Å². The van der Waals surface area contributed by atoms with Gasteiger partial charge in [0.2, 0.25) is 0 Å². The Morgan fingerprint density at radius 1 is 1.17 bits per heavy atom. The summed E-state index contributed by atoms with van der Waals surface area (Å²) >= 11 is 0. The van der Waals surface area contributed by atoms with E-state index in [1.165, 1.54) is 5.56 Å². The number of hydrogen-bond acceptors (Lipinski definition) is 2. The number of carbonyl (C=O) groups is 1. The Morgan fingerprint density at radius 3 is 2.67 bits per heavy atom. The monoisotopic (exact) mass is 240 g/mol. The second-order valence-corrected chi connectivity index (χ2v) is 4.01. The van der Waals surface area contributed by atoms with E-state index in [1.807, 2.05) is 30.3 Å². The molecule has 3 heteroatoms. The van der Waals surface area contributed by atoms with Crippen LogP contribution < -0.4 is 5.32 Å². The summed E-state index contributed by atoms with van der Waals surface area (Å²) in [7, 11) is 0. The van der Waals surface area contributed by atoms with E-state index in [4.69, 9.17) is 0 Å². The molecular formula is C15H16N2O. The highest BCUT2D eigenvalue weighted by molar-refractivity contribution is 5.94. The van der Waals surface area contributed by atoms with Crippen LogP contribution in [0.15, 0.2) is 48.7 Å². The van der Waals surface area contributed by atoms with E-state index in [0.717, 1.165) is 12.1 Å². The highest BCUT2D eigenvalue weighted by atomic mass is 16.1. The maximum atomic E-state index is 11.9. The van der Waals surface area contributed by atoms with Gasteiger partial charge in [0.15, 0.2) is 0 Å². The van der Waals surface area contributed by atoms with Gasteiger partial charge in [-0.15, -0.1) is 0 Å². The first-order chi connectivity index (χ1) is 8.81. The van der Waals surface area contributed by atoms with Crippen molar-refractivity contribution in [3.63, 3.8) is 0 Å². The number of rotatable bonds is 4. The Bertz CT molecular complexity index is 523. The van der Waals surface area contributed by atoms with Gasteiger partial charge in [-0.25, -0.2) is 0 Å². The van der Waals surface area contributed by atoms with Crippen LogP contribution >= 0.6 is 0 Å². The molecular weight excluding hydrogens is 224 g/mol. The normalized spacial score (nSPS) is 10.1. The summed E-state index contributed by atoms with van der Waals surface area (Å²) in [6, 6.07) is 13.2. The van der Waals surface area contributed by atoms with E-state index in [0.29, 0.717) is 12.1 Å². The van der Waals surface area contributed by atoms with Gasteiger partial charge in [-0.1, -0.05) is 31.2 Å². The number of aryl methyl sites for hydroxylation is 1. The first kappa shape index (κ1) is 12.3. The van der Waals surface area contributed by atoms with Gasteiger partial charge >= 0.3 is 0 Å². The van der Waals surface area contributed by atoms with E-state index in [-0.39, 0.29) is 5.91 Å². The summed E-state index contributed by atoms with van der Waals surface area (Å²) in [5.41, 5.74) is 2.78. The number of pyridine rings is 1. The van der Waals surface area contributed by atoms with Crippen LogP contribution in [0.3, 0.4) is 0 Å². The fraction of sp³-hybridized carbons (Fsp3) is 0.200. The number of amides is 1. The van der Waals surface area contributed by atoms with Crippen LogP contribution in [0.2, 0.25) is 0 Å². The molecule has 1 aromatic heterocycles. The van der Waals surface area contributed by atoms with Crippen molar-refractivity contribution in [1.82, 2.24) is 10.3 Å². The number of carbonyl (C=O) groups excluding carboxylic acids is 1. The smallest absolute Gasteiger partial charge is 0.251 e. The van der Waals surface area contributed by atoms with Crippen molar-refractivity contribution in [3.8, 4) is 0 Å². The number of nitrogens with one attached hydrogen (secondary N) is 1. The van der Waals surface area contributed by atoms with Crippen molar-refractivity contribution >= 4 is 5.91 Å². The van der Waals surface area contributed by atoms with Crippen molar-refractivity contribution in [2.24, 2.45) is 0 Å². The highest BCUT2D eigenvalue weighted by Crippen LogP contribution is 2.06. The quantitative estimate of drug-likeness (QED) is 0.892. The van der Waals surface area contributed by atoms with Gasteiger partial charge in [-0.2, -0.15) is 0 Å². The minimum absolute atomic E-state index is 0.0664. The average Bonchev–Trinajstić information content (AvgIpc) is 2.46. The predicted molar refractivity (Wildman–Crippen MR) is 71.2 cm³/mol. The molecule has 0 unspecified atom stereocenters. The zero-order chi connectivity index (χ0) is 12.8. The molecule has 1 aromatic carbocycles. The van der Waals surface area contributed by atoms with E-state index in [1.54, 1.807) is 18.3 Å². The van der Waals surface area contributed by atoms with Crippen LogP contribution in [0.1, 0.15) is 28.5 Å². The molecule has 0 spiro atoms. The molecule has 0 radical (unpaired) electrons. The Kier molecular flexibility index (Phi) is 4.07. The molecule has 1 N–H and O–H groups in total. The molecule has 0 atom stereocenters. The summed E-state index contributed by atoms with van der Waals surface area (Å²) in [6.07, 6.45) is 2.67. The van der Waals surface area contributed by atoms with Gasteiger partial charge in [0.25, 0.3) is 5.91 Å². The van der Waals surface area contributed by atoms with Gasteiger partial charge in [0, 0.05) is 11.8 Å². The SMILES string of the molecule is CCc1cccnc1CNC(=O)c1ccccc1. The molecule has 92 valence electrons. The largest absolute Gasteiger partial charge is 0.346 e. The Morgan fingerprint density at radius 2 is 1.94 bits per heavy atom. The maximum Gasteiger partial charge on any atom is 0.251 e. The summed E-state index contributed by atoms with van der Waals surface area (Å²) < 4.78 is 0. The lowest BCUT2D eigenvalue weighted by Crippen LogP contribution is -2.23. The molecule has 0 saturated heterocycles. The van der Waals surface area contributed by atoms with Crippen molar-refractivity contribution in [1.29, 1.82) is 0 Å². The zero-order valence-electron chi connectivity index (χ0n) is 10.4. The molecule has 0 bridgehead atoms. The fourth-order valence-corrected chi connectivity index (χ4v) is 1.81. The molecule has 0 fully saturated rings. The number of aromatic nitrogens is 1. The third-order valence-electron chi connectivity index (χ3n) is 2.82. The fourth-order valence-electron chi connectivity index (χ4n) is 1.81. The van der Waals surface area contributed by atoms with Crippen LogP contribution in [0.25, 0.3) is 0 Å². The predicted octanol–water partition coefficient (Wildman–Crippen LogP) is 2.57. The summed E-state index contributed by atoms with van der Waals surface area (Å²) in [4.78, 5) is 16.2. The van der Waals surface area contributed by atoms with E-state index in [9.17, 15) is 4.79 Å². The molecule has 0 aliphatic rings. The summed E-state index contributed by atoms with van der Waals surface area (Å²) in [6.45, 7) is 2.55. The standard InChI is InChI=1S/C15H16N2O/c1-2-12-9-6-10-16-14(12)11-17-15(18)13-7-4-3-5-8-13/h3-10H,2,11H2,1H3,(H,17,18). The molecule has 0 aliphatic carbocycles. The van der Waals surface area contributed by atoms with Crippen molar-refractivity contribution in [2.45, 2.75) is 19.9 Å². The highest BCUT2D eigenvalue weighted by Gasteiger charge is 2.06. The van der Waals surface area contributed by atoms with Crippen molar-refractivity contribution < 1.29 is 4.79 Å². The number of nitrogens with zero attached hydrogens (tertiary/aromatic N) is 1. The van der Waals surface area contributed by atoms with E-state index < -0.39 is 0 Å². The van der Waals surface area contributed by atoms with Crippen LogP contribution in [0.5, 0.6) is 0 Å². The van der Waals surface area contributed by atoms with Crippen LogP contribution in [0, 0.1) is 0 Å². The minimum atomic E-state index is -0.0664. The maximum absolute atomic E-state index is 11.9. The first-order valence-corrected chi connectivity index (χ1v) is 6.07. The van der Waals surface area contributed by atoms with E-state index >= 15 is 0 Å². The second kappa shape index (κ2) is 5.96. The second-order valence-electron chi connectivity index (χ2n) is 4.01. The van der Waals surface area contributed by atoms with Crippen LogP contribution in [0.4, 0.5) is 0 Å². The molecule has 3 nitrogen and oxygen atoms in total. The zero-order valence-corrected chi connectivity index (χ0v) is 10.4. The minimum Gasteiger partial charge on any atom is -0.346 e. The lowest BCUT2D eigenvalue weighted by Gasteiger charge is -2.08. The average molecular weight is 240 g/mol. The molecule has 0 saturated carbocycles. The lowest BCUT2D eigenvalue weighted by molar-refractivity contribution is 0.0950. The topological polar surface area (TPSA) is 42.0 Å². The molecule has 1 heterocycles. The van der Waals surface area contributed by atoms with Crippen molar-refractivity contribution in [3.05, 3.63) is 65.5 Å². The van der Waals surface area contributed by atoms with Gasteiger partial charge in [0.05, 0.1) is 12.2 Å². The third kappa shape index (κ3) is 2.94. The van der Waals surface area contributed by atoms with Gasteiger partial charge in [-0.3, -0.25) is 9.78 Å². The van der Waals surface area contributed by atoms with Crippen LogP contribution in [-0.2, 0) is 13.0 Å². The molecule has 2 aromatic rings. The van der Waals surface area contributed by atoms with Gasteiger partial charge in [0.1, 0.15) is 0 Å². The van der Waals surface area contributed by atoms with Crippen molar-refractivity contribution in [2.75, 3.05) is 0 Å². The summed E-state index contributed by atoms with van der Waals surface area (Å²) in [5.74, 6) is -0.0664. The molecule has 1 amide bonds. The first-order valence-electron chi connectivity index (χ1n) is 6.07. The van der Waals surface area contributed by atoms with Crippen LogP contribution in [-0.4, -0.2) is 10.9 Å². The van der Waals surface area contributed by atoms with Gasteiger partial charge in [-0.05, 0) is 30.2 Å². The van der Waals surface area contributed by atoms with E-state index in [2.05, 4.69) is 17.2 Å². The molecule has 0 aliphatic heterocycles. The molecule has 2 rings (SSSR count). The summed E-state index contributed by atoms with van der Waals surface area (Å²) in [5, 5.41) is 2.89.